The van der Waals surface area contributed by atoms with Gasteiger partial charge in [-0.2, -0.15) is 5.10 Å². The second-order valence-corrected chi connectivity index (χ2v) is 7.97. The predicted molar refractivity (Wildman–Crippen MR) is 139 cm³/mol. The summed E-state index contributed by atoms with van der Waals surface area (Å²) in [7, 11) is 0. The van der Waals surface area contributed by atoms with Gasteiger partial charge in [0.25, 0.3) is 11.8 Å². The Morgan fingerprint density at radius 1 is 0.694 bits per heavy atom. The van der Waals surface area contributed by atoms with Gasteiger partial charge in [0, 0.05) is 27.4 Å². The number of benzene rings is 4. The summed E-state index contributed by atoms with van der Waals surface area (Å²) in [5.74, 6) is -0.922. The SMILES string of the molecule is O=C(N/N=C\c1ccccc1OC(=O)c1ccccc1)c1ccc(NC(=O)c2ccc(Cl)cc2)cc1. The smallest absolute Gasteiger partial charge is 0.343 e. The molecule has 0 fully saturated rings. The maximum absolute atomic E-state index is 12.5. The molecule has 0 aliphatic rings. The standard InChI is InChI=1S/C28H20ClN3O4/c29-23-14-10-19(11-15-23)26(33)31-24-16-12-20(13-17-24)27(34)32-30-18-22-8-4-5-9-25(22)36-28(35)21-6-2-1-3-7-21/h1-18H,(H,31,33)(H,32,34)/b30-18-. The van der Waals surface area contributed by atoms with Gasteiger partial charge in [0.05, 0.1) is 11.8 Å². The minimum Gasteiger partial charge on any atom is -0.422 e. The molecule has 36 heavy (non-hydrogen) atoms. The molecule has 0 unspecified atom stereocenters. The van der Waals surface area contributed by atoms with Crippen LogP contribution >= 0.6 is 11.6 Å². The lowest BCUT2D eigenvalue weighted by Gasteiger charge is -2.07. The van der Waals surface area contributed by atoms with Crippen LogP contribution in [0.5, 0.6) is 5.75 Å². The Balaban J connectivity index is 1.35. The van der Waals surface area contributed by atoms with Crippen molar-refractivity contribution in [3.63, 3.8) is 0 Å². The van der Waals surface area contributed by atoms with Crippen molar-refractivity contribution < 1.29 is 19.1 Å². The maximum Gasteiger partial charge on any atom is 0.343 e. The second-order valence-electron chi connectivity index (χ2n) is 7.53. The lowest BCUT2D eigenvalue weighted by atomic mass is 10.1. The quantitative estimate of drug-likeness (QED) is 0.151. The molecule has 0 bridgehead atoms. The molecule has 178 valence electrons. The van der Waals surface area contributed by atoms with Gasteiger partial charge in [-0.15, -0.1) is 0 Å². The summed E-state index contributed by atoms with van der Waals surface area (Å²) in [6.07, 6.45) is 1.40. The van der Waals surface area contributed by atoms with Crippen LogP contribution in [0.4, 0.5) is 5.69 Å². The van der Waals surface area contributed by atoms with Crippen LogP contribution in [0.1, 0.15) is 36.6 Å². The average molecular weight is 498 g/mol. The number of anilines is 1. The molecular weight excluding hydrogens is 478 g/mol. The molecule has 8 heteroatoms. The van der Waals surface area contributed by atoms with Crippen LogP contribution < -0.4 is 15.5 Å². The number of halogens is 1. The van der Waals surface area contributed by atoms with Crippen LogP contribution in [-0.4, -0.2) is 24.0 Å². The van der Waals surface area contributed by atoms with E-state index in [2.05, 4.69) is 15.8 Å². The van der Waals surface area contributed by atoms with Gasteiger partial charge in [0.2, 0.25) is 0 Å². The molecule has 0 aromatic heterocycles. The number of carbonyl (C=O) groups excluding carboxylic acids is 3. The lowest BCUT2D eigenvalue weighted by molar-refractivity contribution is 0.0734. The molecule has 2 N–H and O–H groups in total. The van der Waals surface area contributed by atoms with Gasteiger partial charge in [-0.1, -0.05) is 41.9 Å². The highest BCUT2D eigenvalue weighted by Crippen LogP contribution is 2.18. The summed E-state index contributed by atoms with van der Waals surface area (Å²) in [5.41, 5.74) is 4.72. The van der Waals surface area contributed by atoms with E-state index in [0.29, 0.717) is 38.7 Å². The third-order valence-electron chi connectivity index (χ3n) is 5.01. The topological polar surface area (TPSA) is 96.9 Å². The molecule has 0 aliphatic heterocycles. The van der Waals surface area contributed by atoms with Crippen molar-refractivity contribution in [2.24, 2.45) is 5.10 Å². The Labute approximate surface area is 212 Å². The number of hydrogen-bond donors (Lipinski definition) is 2. The number of hydrazone groups is 1. The monoisotopic (exact) mass is 497 g/mol. The Hall–Kier alpha value is -4.75. The Kier molecular flexibility index (Phi) is 7.85. The minimum atomic E-state index is -0.497. The number of carbonyl (C=O) groups is 3. The molecule has 4 rings (SSSR count). The number of para-hydroxylation sites is 1. The van der Waals surface area contributed by atoms with Gasteiger partial charge < -0.3 is 10.1 Å². The van der Waals surface area contributed by atoms with Crippen LogP contribution in [0.25, 0.3) is 0 Å². The molecule has 0 radical (unpaired) electrons. The van der Waals surface area contributed by atoms with Crippen LogP contribution in [-0.2, 0) is 0 Å². The number of nitrogens with zero attached hydrogens (tertiary/aromatic N) is 1. The fraction of sp³-hybridized carbons (Fsp3) is 0. The van der Waals surface area contributed by atoms with Crippen molar-refractivity contribution in [3.8, 4) is 5.75 Å². The lowest BCUT2D eigenvalue weighted by Crippen LogP contribution is -2.18. The zero-order valence-corrected chi connectivity index (χ0v) is 19.6. The first kappa shape index (κ1) is 24.4. The van der Waals surface area contributed by atoms with E-state index >= 15 is 0 Å². The largest absolute Gasteiger partial charge is 0.422 e. The van der Waals surface area contributed by atoms with E-state index in [1.807, 2.05) is 6.07 Å². The van der Waals surface area contributed by atoms with Crippen molar-refractivity contribution in [1.29, 1.82) is 0 Å². The third-order valence-corrected chi connectivity index (χ3v) is 5.26. The van der Waals surface area contributed by atoms with Crippen molar-refractivity contribution in [2.45, 2.75) is 0 Å². The molecule has 0 saturated carbocycles. The van der Waals surface area contributed by atoms with Gasteiger partial charge >= 0.3 is 5.97 Å². The predicted octanol–water partition coefficient (Wildman–Crippen LogP) is 5.58. The number of ether oxygens (including phenoxy) is 1. The van der Waals surface area contributed by atoms with Crippen LogP contribution in [0.2, 0.25) is 5.02 Å². The third kappa shape index (κ3) is 6.43. The Morgan fingerprint density at radius 3 is 2.03 bits per heavy atom. The number of amides is 2. The molecule has 7 nitrogen and oxygen atoms in total. The minimum absolute atomic E-state index is 0.292. The van der Waals surface area contributed by atoms with E-state index in [0.717, 1.165) is 0 Å². The first-order chi connectivity index (χ1) is 17.5. The van der Waals surface area contributed by atoms with E-state index in [1.54, 1.807) is 97.1 Å². The Morgan fingerprint density at radius 2 is 1.31 bits per heavy atom. The molecule has 0 heterocycles. The molecule has 2 amide bonds. The van der Waals surface area contributed by atoms with E-state index < -0.39 is 11.9 Å². The zero-order valence-electron chi connectivity index (χ0n) is 18.9. The van der Waals surface area contributed by atoms with E-state index in [4.69, 9.17) is 16.3 Å². The number of esters is 1. The van der Waals surface area contributed by atoms with Gasteiger partial charge in [-0.25, -0.2) is 10.2 Å². The van der Waals surface area contributed by atoms with Crippen molar-refractivity contribution in [1.82, 2.24) is 5.43 Å². The van der Waals surface area contributed by atoms with Crippen molar-refractivity contribution >= 4 is 41.3 Å². The fourth-order valence-corrected chi connectivity index (χ4v) is 3.27. The van der Waals surface area contributed by atoms with E-state index in [9.17, 15) is 14.4 Å². The van der Waals surface area contributed by atoms with Crippen LogP contribution in [0.3, 0.4) is 0 Å². The number of hydrogen-bond acceptors (Lipinski definition) is 5. The molecule has 4 aromatic carbocycles. The van der Waals surface area contributed by atoms with Crippen LogP contribution in [0.15, 0.2) is 108 Å². The molecule has 0 aliphatic carbocycles. The molecule has 0 spiro atoms. The first-order valence-corrected chi connectivity index (χ1v) is 11.2. The maximum atomic E-state index is 12.5. The summed E-state index contributed by atoms with van der Waals surface area (Å²) >= 11 is 5.85. The highest BCUT2D eigenvalue weighted by Gasteiger charge is 2.11. The van der Waals surface area contributed by atoms with Crippen LogP contribution in [0, 0.1) is 0 Å². The fourth-order valence-electron chi connectivity index (χ4n) is 3.15. The van der Waals surface area contributed by atoms with Gasteiger partial charge in [-0.3, -0.25) is 9.59 Å². The van der Waals surface area contributed by atoms with Gasteiger partial charge in [0.1, 0.15) is 5.75 Å². The summed E-state index contributed by atoms with van der Waals surface area (Å²) in [4.78, 5) is 37.1. The van der Waals surface area contributed by atoms with E-state index in [1.165, 1.54) is 6.21 Å². The molecule has 0 atom stereocenters. The highest BCUT2D eigenvalue weighted by atomic mass is 35.5. The molecule has 0 saturated heterocycles. The summed E-state index contributed by atoms with van der Waals surface area (Å²) < 4.78 is 5.47. The summed E-state index contributed by atoms with van der Waals surface area (Å²) in [6, 6.07) is 28.4. The molecular formula is C28H20ClN3O4. The Bertz CT molecular complexity index is 1400. The van der Waals surface area contributed by atoms with Crippen molar-refractivity contribution in [2.75, 3.05) is 5.32 Å². The highest BCUT2D eigenvalue weighted by molar-refractivity contribution is 6.30. The van der Waals surface area contributed by atoms with Gasteiger partial charge in [-0.05, 0) is 72.8 Å². The van der Waals surface area contributed by atoms with E-state index in [-0.39, 0.29) is 5.91 Å². The normalized spacial score (nSPS) is 10.6. The number of rotatable bonds is 7. The summed E-state index contributed by atoms with van der Waals surface area (Å²) in [6.45, 7) is 0. The van der Waals surface area contributed by atoms with Gasteiger partial charge in [0.15, 0.2) is 0 Å². The summed E-state index contributed by atoms with van der Waals surface area (Å²) in [5, 5.41) is 7.28. The first-order valence-electron chi connectivity index (χ1n) is 10.9. The zero-order chi connectivity index (χ0) is 25.3. The average Bonchev–Trinajstić information content (AvgIpc) is 2.91. The molecule has 4 aromatic rings. The van der Waals surface area contributed by atoms with Crippen molar-refractivity contribution in [3.05, 3.63) is 130 Å². The number of nitrogens with one attached hydrogen (secondary N) is 2. The second kappa shape index (κ2) is 11.6.